The largest absolute Gasteiger partial charge is 0.535 e. The van der Waals surface area contributed by atoms with Gasteiger partial charge in [0.2, 0.25) is 13.6 Å². The van der Waals surface area contributed by atoms with E-state index in [4.69, 9.17) is 33.0 Å². The van der Waals surface area contributed by atoms with Crippen LogP contribution >= 0.6 is 0 Å². The standard InChI is InChI=1S/C26H34BN5O8.C24H30BN5O9/c1-3-16(4-2)25(35)38-15-39-26(36)21-7-5-6-17-10-18(27(37)40-23(17)21)11-20(33)13-32-14-22(30-31-32)24(34)29-19-8-9-28-12-19;1-14(2)38-24(34)37-13-36-23(33)19-5-3-4-15-8-16(25(35)39-21(15)19)9-18(31)11-30-12-20(28-29-30)22(32)27-17-6-7-26-10-17/h5-7,14,16,18-19,28,37H,3-4,8-13,15H2,1-2H3,(H,29,34);3-5,12,14,16-17,26,35H,6-11,13H2,1-2H3,(H,27,32)/t18-,19+;16-,17+/m11/s1. The van der Waals surface area contributed by atoms with E-state index in [1.54, 1.807) is 38.1 Å². The maximum atomic E-state index is 12.8. The Morgan fingerprint density at radius 2 is 1.14 bits per heavy atom. The maximum absolute atomic E-state index is 12.8. The minimum Gasteiger partial charge on any atom is -0.535 e. The Labute approximate surface area is 454 Å². The maximum Gasteiger partial charge on any atom is 0.526 e. The third-order valence-electron chi connectivity index (χ3n) is 13.3. The number of ether oxygens (including phenoxy) is 5. The van der Waals surface area contributed by atoms with E-state index < -0.39 is 63.5 Å². The fraction of sp³-hybridized carbons (Fsp3) is 0.520. The molecule has 2 aromatic heterocycles. The van der Waals surface area contributed by atoms with Crippen LogP contribution < -0.4 is 30.6 Å². The van der Waals surface area contributed by atoms with Crippen molar-refractivity contribution in [1.82, 2.24) is 51.3 Å². The number of amides is 2. The number of benzene rings is 2. The number of hydrogen-bond donors (Lipinski definition) is 6. The summed E-state index contributed by atoms with van der Waals surface area (Å²) in [4.78, 5) is 98.8. The summed E-state index contributed by atoms with van der Waals surface area (Å²) in [6.07, 6.45) is 4.88. The number of hydrogen-bond acceptors (Lipinski definition) is 23. The number of carbonyl (C=O) groups excluding carboxylic acids is 8. The SMILES string of the molecule is CC(C)OC(=O)OCOC(=O)c1cccc2c1OB(O)[C@@H](CC(=O)Cn1cc(C(=O)N[C@H]3CCNC3)nn1)C2.CCC(CC)C(=O)OCOC(=O)c1cccc2c1OB(O)[C@@H](CC(=O)Cn1cc(C(=O)N[C@H]3CCNC3)nn1)C2. The number of Topliss-reactive ketones (excluding diaryl/α,β-unsaturated/α-hetero) is 2. The number of fused-ring (bicyclic) bond motifs is 2. The van der Waals surface area contributed by atoms with Gasteiger partial charge in [-0.2, -0.15) is 0 Å². The number of esters is 3. The molecule has 29 heteroatoms. The van der Waals surface area contributed by atoms with Gasteiger partial charge >= 0.3 is 38.3 Å². The fourth-order valence-electron chi connectivity index (χ4n) is 9.14. The van der Waals surface area contributed by atoms with Crippen LogP contribution in [0.5, 0.6) is 11.5 Å². The van der Waals surface area contributed by atoms with Crippen molar-refractivity contribution >= 4 is 61.7 Å². The van der Waals surface area contributed by atoms with Crippen LogP contribution in [0.1, 0.15) is 119 Å². The van der Waals surface area contributed by atoms with Crippen LogP contribution in [0.3, 0.4) is 0 Å². The molecule has 4 aromatic rings. The van der Waals surface area contributed by atoms with E-state index >= 15 is 0 Å². The number of nitrogens with zero attached hydrogens (tertiary/aromatic N) is 6. The monoisotopic (exact) mass is 1100 g/mol. The van der Waals surface area contributed by atoms with E-state index in [9.17, 15) is 48.4 Å². The Hall–Kier alpha value is -7.75. The third-order valence-corrected chi connectivity index (χ3v) is 13.3. The van der Waals surface area contributed by atoms with Crippen molar-refractivity contribution in [2.24, 2.45) is 5.92 Å². The highest BCUT2D eigenvalue weighted by molar-refractivity contribution is 6.47. The highest BCUT2D eigenvalue weighted by atomic mass is 16.8. The molecule has 79 heavy (non-hydrogen) atoms. The van der Waals surface area contributed by atoms with Crippen LogP contribution in [0.2, 0.25) is 11.6 Å². The molecule has 6 N–H and O–H groups in total. The lowest BCUT2D eigenvalue weighted by molar-refractivity contribution is -0.157. The Morgan fingerprint density at radius 1 is 0.684 bits per heavy atom. The molecule has 8 rings (SSSR count). The molecule has 0 saturated carbocycles. The van der Waals surface area contributed by atoms with Gasteiger partial charge in [-0.1, -0.05) is 48.5 Å². The number of para-hydroxylation sites is 2. The summed E-state index contributed by atoms with van der Waals surface area (Å²) in [5.41, 5.74) is 1.60. The van der Waals surface area contributed by atoms with Crippen molar-refractivity contribution in [2.75, 3.05) is 39.8 Å². The molecule has 4 aliphatic rings. The molecule has 4 aliphatic heterocycles. The van der Waals surface area contributed by atoms with Crippen LogP contribution in [0.15, 0.2) is 48.8 Å². The van der Waals surface area contributed by atoms with Gasteiger partial charge in [-0.15, -0.1) is 10.2 Å². The molecule has 4 atom stereocenters. The van der Waals surface area contributed by atoms with Gasteiger partial charge in [0, 0.05) is 49.6 Å². The fourth-order valence-corrected chi connectivity index (χ4v) is 9.14. The molecule has 0 unspecified atom stereocenters. The predicted octanol–water partition coefficient (Wildman–Crippen LogP) is 1.40. The first kappa shape index (κ1) is 58.9. The molecule has 6 heterocycles. The zero-order valence-electron chi connectivity index (χ0n) is 44.3. The van der Waals surface area contributed by atoms with Gasteiger partial charge in [0.15, 0.2) is 23.0 Å². The summed E-state index contributed by atoms with van der Waals surface area (Å²) in [7, 11) is -2.69. The zero-order chi connectivity index (χ0) is 56.6. The van der Waals surface area contributed by atoms with E-state index in [1.807, 2.05) is 13.8 Å². The van der Waals surface area contributed by atoms with Crippen molar-refractivity contribution in [3.8, 4) is 11.5 Å². The number of aromatic nitrogens is 6. The second-order valence-corrected chi connectivity index (χ2v) is 19.6. The van der Waals surface area contributed by atoms with Crippen LogP contribution in [-0.2, 0) is 64.0 Å². The molecular formula is C50H64B2N10O17. The van der Waals surface area contributed by atoms with Crippen molar-refractivity contribution in [3.63, 3.8) is 0 Å². The Kier molecular flexibility index (Phi) is 21.1. The second-order valence-electron chi connectivity index (χ2n) is 19.6. The molecular weight excluding hydrogens is 1030 g/mol. The Morgan fingerprint density at radius 3 is 1.56 bits per heavy atom. The average Bonchev–Trinajstić information content (AvgIpc) is 4.38. The first-order chi connectivity index (χ1) is 38.0. The highest BCUT2D eigenvalue weighted by Gasteiger charge is 2.40. The molecule has 0 radical (unpaired) electrons. The van der Waals surface area contributed by atoms with Crippen molar-refractivity contribution in [2.45, 2.75) is 122 Å². The zero-order valence-corrected chi connectivity index (χ0v) is 44.3. The summed E-state index contributed by atoms with van der Waals surface area (Å²) >= 11 is 0. The van der Waals surface area contributed by atoms with Gasteiger partial charge in [-0.05, 0) is 88.7 Å². The molecule has 2 aromatic carbocycles. The van der Waals surface area contributed by atoms with Crippen LogP contribution in [-0.4, -0.2) is 160 Å². The highest BCUT2D eigenvalue weighted by Crippen LogP contribution is 2.38. The van der Waals surface area contributed by atoms with Gasteiger partial charge in [-0.3, -0.25) is 24.0 Å². The number of nitrogens with one attached hydrogen (secondary N) is 4. The third kappa shape index (κ3) is 16.6. The predicted molar refractivity (Wildman–Crippen MR) is 275 cm³/mol. The normalized spacial score (nSPS) is 18.2. The van der Waals surface area contributed by atoms with Gasteiger partial charge < -0.3 is 64.3 Å². The first-order valence-corrected chi connectivity index (χ1v) is 26.1. The van der Waals surface area contributed by atoms with Gasteiger partial charge in [0.1, 0.15) is 35.7 Å². The Bertz CT molecular complexity index is 2820. The lowest BCUT2D eigenvalue weighted by Crippen LogP contribution is -2.36. The molecule has 0 spiro atoms. The van der Waals surface area contributed by atoms with E-state index in [2.05, 4.69) is 41.9 Å². The summed E-state index contributed by atoms with van der Waals surface area (Å²) < 4.78 is 38.4. The molecule has 422 valence electrons. The number of ketones is 2. The molecule has 27 nitrogen and oxygen atoms in total. The smallest absolute Gasteiger partial charge is 0.526 e. The van der Waals surface area contributed by atoms with Crippen molar-refractivity contribution < 1.29 is 81.4 Å². The van der Waals surface area contributed by atoms with Gasteiger partial charge in [0.25, 0.3) is 11.8 Å². The summed E-state index contributed by atoms with van der Waals surface area (Å²) in [5.74, 6) is -4.29. The first-order valence-electron chi connectivity index (χ1n) is 26.1. The lowest BCUT2D eigenvalue weighted by Gasteiger charge is -2.28. The minimum atomic E-state index is -1.36. The van der Waals surface area contributed by atoms with Gasteiger partial charge in [-0.25, -0.2) is 23.7 Å². The van der Waals surface area contributed by atoms with Crippen molar-refractivity contribution in [3.05, 3.63) is 82.4 Å². The molecule has 2 fully saturated rings. The van der Waals surface area contributed by atoms with Crippen LogP contribution in [0.25, 0.3) is 0 Å². The number of rotatable bonds is 22. The van der Waals surface area contributed by atoms with E-state index in [-0.39, 0.29) is 120 Å². The quantitative estimate of drug-likeness (QED) is 0.0280. The second kappa shape index (κ2) is 28.2. The summed E-state index contributed by atoms with van der Waals surface area (Å²) in [6, 6.07) is 9.73. The van der Waals surface area contributed by atoms with Crippen molar-refractivity contribution in [1.29, 1.82) is 0 Å². The minimum absolute atomic E-state index is 0.0175. The molecule has 0 bridgehead atoms. The summed E-state index contributed by atoms with van der Waals surface area (Å²) in [5, 5.41) is 48.7. The Balaban J connectivity index is 0.000000229. The van der Waals surface area contributed by atoms with Crippen LogP contribution in [0.4, 0.5) is 4.79 Å². The topological polar surface area (TPSA) is 351 Å². The average molecular weight is 1100 g/mol. The van der Waals surface area contributed by atoms with Gasteiger partial charge in [0.05, 0.1) is 24.4 Å². The van der Waals surface area contributed by atoms with E-state index in [1.165, 1.54) is 33.9 Å². The lowest BCUT2D eigenvalue weighted by atomic mass is 9.64. The molecule has 0 aliphatic carbocycles. The summed E-state index contributed by atoms with van der Waals surface area (Å²) in [6.45, 7) is 8.68. The van der Waals surface area contributed by atoms with E-state index in [0.717, 1.165) is 25.9 Å². The molecule has 2 amide bonds. The molecule has 2 saturated heterocycles. The van der Waals surface area contributed by atoms with Crippen LogP contribution in [0, 0.1) is 5.92 Å². The number of carbonyl (C=O) groups is 8. The van der Waals surface area contributed by atoms with E-state index in [0.29, 0.717) is 37.1 Å².